The number of hydrogen-bond donors (Lipinski definition) is 0. The number of carboxylic acid groups (broad SMARTS) is 1. The van der Waals surface area contributed by atoms with Crippen molar-refractivity contribution in [1.29, 1.82) is 0 Å². The third-order valence-electron chi connectivity index (χ3n) is 1.79. The van der Waals surface area contributed by atoms with E-state index in [2.05, 4.69) is 0 Å². The standard InChI is InChI=1S/C10H12O2/c1-8(10(11)12)7-9-5-3-2-4-6-9/h2-6,8H,7H2,1H3,(H,11,12)/p-1/t8-/m0/s1. The molecule has 64 valence electrons. The van der Waals surface area contributed by atoms with Crippen LogP contribution >= 0.6 is 0 Å². The van der Waals surface area contributed by atoms with E-state index in [4.69, 9.17) is 0 Å². The summed E-state index contributed by atoms with van der Waals surface area (Å²) in [5, 5.41) is 10.4. The Bertz CT molecular complexity index is 254. The van der Waals surface area contributed by atoms with E-state index in [9.17, 15) is 9.90 Å². The number of hydrogen-bond acceptors (Lipinski definition) is 2. The van der Waals surface area contributed by atoms with Crippen molar-refractivity contribution in [3.05, 3.63) is 35.9 Å². The lowest BCUT2D eigenvalue weighted by molar-refractivity contribution is -0.310. The summed E-state index contributed by atoms with van der Waals surface area (Å²) in [4.78, 5) is 10.4. The SMILES string of the molecule is C[C@@H](Cc1ccccc1)C(=O)[O-]. The van der Waals surface area contributed by atoms with Crippen LogP contribution in [0.3, 0.4) is 0 Å². The summed E-state index contributed by atoms with van der Waals surface area (Å²) in [6.45, 7) is 1.66. The van der Waals surface area contributed by atoms with Gasteiger partial charge in [-0.15, -0.1) is 0 Å². The molecule has 0 radical (unpaired) electrons. The van der Waals surface area contributed by atoms with Crippen LogP contribution in [0, 0.1) is 5.92 Å². The second kappa shape index (κ2) is 3.90. The van der Waals surface area contributed by atoms with Gasteiger partial charge in [-0.25, -0.2) is 0 Å². The minimum Gasteiger partial charge on any atom is -0.550 e. The van der Waals surface area contributed by atoms with Gasteiger partial charge in [-0.2, -0.15) is 0 Å². The Balaban J connectivity index is 2.58. The highest BCUT2D eigenvalue weighted by Gasteiger charge is 2.02. The minimum atomic E-state index is -0.987. The first kappa shape index (κ1) is 8.78. The maximum atomic E-state index is 10.4. The van der Waals surface area contributed by atoms with E-state index < -0.39 is 11.9 Å². The molecule has 0 spiro atoms. The molecule has 1 aromatic carbocycles. The first-order valence-corrected chi connectivity index (χ1v) is 3.95. The summed E-state index contributed by atoms with van der Waals surface area (Å²) < 4.78 is 0. The van der Waals surface area contributed by atoms with Gasteiger partial charge in [0.05, 0.1) is 0 Å². The van der Waals surface area contributed by atoms with Gasteiger partial charge in [-0.3, -0.25) is 0 Å². The van der Waals surface area contributed by atoms with Crippen molar-refractivity contribution in [3.8, 4) is 0 Å². The topological polar surface area (TPSA) is 40.1 Å². The number of aliphatic carboxylic acids is 1. The highest BCUT2D eigenvalue weighted by molar-refractivity contribution is 5.67. The molecule has 2 heteroatoms. The molecule has 0 unspecified atom stereocenters. The molecular weight excluding hydrogens is 152 g/mol. The number of carbonyl (C=O) groups excluding carboxylic acids is 1. The Morgan fingerprint density at radius 2 is 2.00 bits per heavy atom. The van der Waals surface area contributed by atoms with Crippen LogP contribution in [0.5, 0.6) is 0 Å². The van der Waals surface area contributed by atoms with Crippen LogP contribution in [0.25, 0.3) is 0 Å². The van der Waals surface area contributed by atoms with E-state index in [-0.39, 0.29) is 0 Å². The molecule has 0 saturated carbocycles. The fourth-order valence-electron chi connectivity index (χ4n) is 1.05. The zero-order valence-electron chi connectivity index (χ0n) is 6.99. The minimum absolute atomic E-state index is 0.410. The van der Waals surface area contributed by atoms with Crippen LogP contribution in [-0.4, -0.2) is 5.97 Å². The summed E-state index contributed by atoms with van der Waals surface area (Å²) in [7, 11) is 0. The molecule has 0 amide bonds. The second-order valence-corrected chi connectivity index (χ2v) is 2.91. The van der Waals surface area contributed by atoms with Gasteiger partial charge in [0.15, 0.2) is 0 Å². The van der Waals surface area contributed by atoms with E-state index >= 15 is 0 Å². The smallest absolute Gasteiger partial charge is 0.0445 e. The average Bonchev–Trinajstić information content (AvgIpc) is 2.06. The zero-order chi connectivity index (χ0) is 8.97. The fourth-order valence-corrected chi connectivity index (χ4v) is 1.05. The fraction of sp³-hybridized carbons (Fsp3) is 0.300. The molecule has 0 saturated heterocycles. The number of benzene rings is 1. The second-order valence-electron chi connectivity index (χ2n) is 2.91. The lowest BCUT2D eigenvalue weighted by Crippen LogP contribution is -2.30. The van der Waals surface area contributed by atoms with Gasteiger partial charge in [0.1, 0.15) is 0 Å². The van der Waals surface area contributed by atoms with Crippen molar-refractivity contribution in [2.45, 2.75) is 13.3 Å². The van der Waals surface area contributed by atoms with Gasteiger partial charge >= 0.3 is 0 Å². The summed E-state index contributed by atoms with van der Waals surface area (Å²) >= 11 is 0. The molecule has 1 aromatic rings. The Kier molecular flexibility index (Phi) is 2.86. The molecule has 0 aliphatic heterocycles. The molecule has 0 heterocycles. The molecule has 1 atom stereocenters. The van der Waals surface area contributed by atoms with Crippen molar-refractivity contribution in [1.82, 2.24) is 0 Å². The summed E-state index contributed by atoms with van der Waals surface area (Å²) in [5.74, 6) is -1.40. The van der Waals surface area contributed by atoms with Gasteiger partial charge in [-0.1, -0.05) is 37.3 Å². The molecule has 0 aliphatic rings. The molecule has 0 bridgehead atoms. The summed E-state index contributed by atoms with van der Waals surface area (Å²) in [6, 6.07) is 9.54. The molecule has 1 rings (SSSR count). The predicted octanol–water partition coefficient (Wildman–Crippen LogP) is 0.615. The predicted molar refractivity (Wildman–Crippen MR) is 44.3 cm³/mol. The first-order valence-electron chi connectivity index (χ1n) is 3.95. The van der Waals surface area contributed by atoms with Crippen molar-refractivity contribution in [3.63, 3.8) is 0 Å². The highest BCUT2D eigenvalue weighted by Crippen LogP contribution is 2.06. The molecule has 0 N–H and O–H groups in total. The van der Waals surface area contributed by atoms with E-state index in [0.717, 1.165) is 5.56 Å². The van der Waals surface area contributed by atoms with Crippen molar-refractivity contribution in [2.24, 2.45) is 5.92 Å². The van der Waals surface area contributed by atoms with Crippen LogP contribution < -0.4 is 5.11 Å². The highest BCUT2D eigenvalue weighted by atomic mass is 16.4. The van der Waals surface area contributed by atoms with Gasteiger partial charge in [-0.05, 0) is 17.9 Å². The Hall–Kier alpha value is -1.31. The Labute approximate surface area is 71.8 Å². The summed E-state index contributed by atoms with van der Waals surface area (Å²) in [6.07, 6.45) is 0.545. The summed E-state index contributed by atoms with van der Waals surface area (Å²) in [5.41, 5.74) is 1.04. The average molecular weight is 163 g/mol. The van der Waals surface area contributed by atoms with Crippen molar-refractivity contribution >= 4 is 5.97 Å². The molecule has 0 fully saturated rings. The largest absolute Gasteiger partial charge is 0.550 e. The lowest BCUT2D eigenvalue weighted by Gasteiger charge is -2.11. The molecule has 0 aliphatic carbocycles. The molecule has 0 aromatic heterocycles. The van der Waals surface area contributed by atoms with E-state index in [1.165, 1.54) is 0 Å². The maximum Gasteiger partial charge on any atom is 0.0445 e. The lowest BCUT2D eigenvalue weighted by atomic mass is 10.0. The number of carboxylic acids is 1. The van der Waals surface area contributed by atoms with Gasteiger partial charge in [0.2, 0.25) is 0 Å². The van der Waals surface area contributed by atoms with Crippen LogP contribution in [0.15, 0.2) is 30.3 Å². The third-order valence-corrected chi connectivity index (χ3v) is 1.79. The Morgan fingerprint density at radius 3 is 2.50 bits per heavy atom. The molecular formula is C10H11O2-. The zero-order valence-corrected chi connectivity index (χ0v) is 6.99. The first-order chi connectivity index (χ1) is 5.70. The van der Waals surface area contributed by atoms with Crippen molar-refractivity contribution < 1.29 is 9.90 Å². The number of carbonyl (C=O) groups is 1. The van der Waals surface area contributed by atoms with Crippen LogP contribution in [0.4, 0.5) is 0 Å². The van der Waals surface area contributed by atoms with Crippen LogP contribution in [0.2, 0.25) is 0 Å². The van der Waals surface area contributed by atoms with E-state index in [0.29, 0.717) is 6.42 Å². The van der Waals surface area contributed by atoms with E-state index in [1.807, 2.05) is 30.3 Å². The quantitative estimate of drug-likeness (QED) is 0.655. The van der Waals surface area contributed by atoms with Crippen LogP contribution in [-0.2, 0) is 11.2 Å². The van der Waals surface area contributed by atoms with Gasteiger partial charge in [0.25, 0.3) is 0 Å². The third kappa shape index (κ3) is 2.38. The molecule has 2 nitrogen and oxygen atoms in total. The Morgan fingerprint density at radius 1 is 1.42 bits per heavy atom. The molecule has 12 heavy (non-hydrogen) atoms. The van der Waals surface area contributed by atoms with Gasteiger partial charge in [0, 0.05) is 5.97 Å². The van der Waals surface area contributed by atoms with E-state index in [1.54, 1.807) is 6.92 Å². The van der Waals surface area contributed by atoms with Gasteiger partial charge < -0.3 is 9.90 Å². The normalized spacial score (nSPS) is 12.4. The maximum absolute atomic E-state index is 10.4. The monoisotopic (exact) mass is 163 g/mol. The number of rotatable bonds is 3. The van der Waals surface area contributed by atoms with Crippen molar-refractivity contribution in [2.75, 3.05) is 0 Å². The van der Waals surface area contributed by atoms with Crippen LogP contribution in [0.1, 0.15) is 12.5 Å².